The first-order valence-corrected chi connectivity index (χ1v) is 9.24. The molecule has 5 nitrogen and oxygen atoms in total. The summed E-state index contributed by atoms with van der Waals surface area (Å²) in [5.41, 5.74) is 1.16. The molecule has 2 atom stereocenters. The van der Waals surface area contributed by atoms with Crippen molar-refractivity contribution >= 4 is 39.7 Å². The van der Waals surface area contributed by atoms with Crippen molar-refractivity contribution in [3.05, 3.63) is 46.6 Å². The van der Waals surface area contributed by atoms with Gasteiger partial charge >= 0.3 is 12.0 Å². The topological polar surface area (TPSA) is 67.4 Å². The standard InChI is InChI=1S/C16H19BrN2O3S/c1-3-23-9-8-22-15(20)13-10(2)18-16(21)19-14(13)11-6-4-5-7-12(11)17/h4-7,13-14H,2-3,8-9H2,1H3,(H2,18,19,21)/t13-,14+/m1/s1. The molecule has 23 heavy (non-hydrogen) atoms. The summed E-state index contributed by atoms with van der Waals surface area (Å²) in [7, 11) is 0. The van der Waals surface area contributed by atoms with Gasteiger partial charge in [0, 0.05) is 15.9 Å². The summed E-state index contributed by atoms with van der Waals surface area (Å²) in [5, 5.41) is 5.35. The Hall–Kier alpha value is -1.47. The van der Waals surface area contributed by atoms with E-state index in [-0.39, 0.29) is 12.0 Å². The van der Waals surface area contributed by atoms with Crippen LogP contribution in [0.25, 0.3) is 0 Å². The van der Waals surface area contributed by atoms with E-state index in [1.807, 2.05) is 24.3 Å². The number of rotatable bonds is 6. The minimum atomic E-state index is -0.668. The highest BCUT2D eigenvalue weighted by Gasteiger charge is 2.39. The first-order chi connectivity index (χ1) is 11.0. The minimum Gasteiger partial charge on any atom is -0.464 e. The number of nitrogens with one attached hydrogen (secondary N) is 2. The lowest BCUT2D eigenvalue weighted by molar-refractivity contribution is -0.147. The molecule has 1 aromatic carbocycles. The molecule has 1 aliphatic rings. The van der Waals surface area contributed by atoms with Gasteiger partial charge < -0.3 is 15.4 Å². The Morgan fingerprint density at radius 2 is 2.17 bits per heavy atom. The number of thioether (sulfide) groups is 1. The second kappa shape index (κ2) is 8.40. The number of amides is 2. The Morgan fingerprint density at radius 3 is 2.87 bits per heavy atom. The van der Waals surface area contributed by atoms with Gasteiger partial charge in [-0.25, -0.2) is 4.79 Å². The number of carbonyl (C=O) groups excluding carboxylic acids is 2. The van der Waals surface area contributed by atoms with E-state index < -0.39 is 12.0 Å². The fraction of sp³-hybridized carbons (Fsp3) is 0.375. The van der Waals surface area contributed by atoms with Gasteiger partial charge in [-0.15, -0.1) is 0 Å². The molecule has 7 heteroatoms. The van der Waals surface area contributed by atoms with Crippen molar-refractivity contribution in [2.45, 2.75) is 13.0 Å². The highest BCUT2D eigenvalue weighted by molar-refractivity contribution is 9.10. The lowest BCUT2D eigenvalue weighted by Crippen LogP contribution is -2.51. The number of halogens is 1. The molecule has 1 aliphatic heterocycles. The largest absolute Gasteiger partial charge is 0.464 e. The van der Waals surface area contributed by atoms with Gasteiger partial charge in [-0.1, -0.05) is 47.6 Å². The van der Waals surface area contributed by atoms with Crippen LogP contribution in [0.5, 0.6) is 0 Å². The average molecular weight is 399 g/mol. The van der Waals surface area contributed by atoms with Gasteiger partial charge in [-0.2, -0.15) is 11.8 Å². The van der Waals surface area contributed by atoms with Gasteiger partial charge in [0.15, 0.2) is 0 Å². The summed E-state index contributed by atoms with van der Waals surface area (Å²) in [6.45, 7) is 6.22. The van der Waals surface area contributed by atoms with Crippen LogP contribution in [0.3, 0.4) is 0 Å². The van der Waals surface area contributed by atoms with Gasteiger partial charge in [-0.05, 0) is 17.4 Å². The molecule has 0 aliphatic carbocycles. The van der Waals surface area contributed by atoms with Crippen molar-refractivity contribution < 1.29 is 14.3 Å². The first kappa shape index (κ1) is 17.9. The molecule has 0 radical (unpaired) electrons. The summed E-state index contributed by atoms with van der Waals surface area (Å²) in [4.78, 5) is 24.3. The lowest BCUT2D eigenvalue weighted by Gasteiger charge is -2.33. The maximum atomic E-state index is 12.5. The summed E-state index contributed by atoms with van der Waals surface area (Å²) >= 11 is 5.17. The fourth-order valence-electron chi connectivity index (χ4n) is 2.38. The van der Waals surface area contributed by atoms with E-state index in [1.165, 1.54) is 0 Å². The average Bonchev–Trinajstić information content (AvgIpc) is 2.51. The fourth-order valence-corrected chi connectivity index (χ4v) is 3.40. The van der Waals surface area contributed by atoms with Gasteiger partial charge in [0.05, 0.1) is 6.04 Å². The van der Waals surface area contributed by atoms with E-state index in [0.29, 0.717) is 12.3 Å². The smallest absolute Gasteiger partial charge is 0.319 e. The highest BCUT2D eigenvalue weighted by Crippen LogP contribution is 2.34. The quantitative estimate of drug-likeness (QED) is 0.570. The van der Waals surface area contributed by atoms with Gasteiger partial charge in [0.1, 0.15) is 12.5 Å². The highest BCUT2D eigenvalue weighted by atomic mass is 79.9. The molecular formula is C16H19BrN2O3S. The Kier molecular flexibility index (Phi) is 6.53. The van der Waals surface area contributed by atoms with Crippen LogP contribution in [0.2, 0.25) is 0 Å². The zero-order valence-corrected chi connectivity index (χ0v) is 15.2. The maximum Gasteiger partial charge on any atom is 0.319 e. The Bertz CT molecular complexity index is 609. The van der Waals surface area contributed by atoms with Crippen LogP contribution in [0.4, 0.5) is 4.79 Å². The van der Waals surface area contributed by atoms with Crippen LogP contribution in [0.15, 0.2) is 41.0 Å². The number of hydrogen-bond donors (Lipinski definition) is 2. The molecule has 0 saturated carbocycles. The predicted octanol–water partition coefficient (Wildman–Crippen LogP) is 3.23. The minimum absolute atomic E-state index is 0.345. The molecule has 0 aromatic heterocycles. The number of hydrogen-bond acceptors (Lipinski definition) is 4. The van der Waals surface area contributed by atoms with Crippen LogP contribution in [-0.2, 0) is 9.53 Å². The maximum absolute atomic E-state index is 12.5. The Balaban J connectivity index is 2.19. The summed E-state index contributed by atoms with van der Waals surface area (Å²) in [5.74, 6) is 0.671. The third-order valence-corrected chi connectivity index (χ3v) is 5.03. The summed E-state index contributed by atoms with van der Waals surface area (Å²) in [6.07, 6.45) is 0. The number of benzene rings is 1. The molecule has 1 aromatic rings. The molecule has 2 amide bonds. The molecule has 0 spiro atoms. The van der Waals surface area contributed by atoms with Gasteiger partial charge in [0.2, 0.25) is 0 Å². The number of ether oxygens (including phenoxy) is 1. The Morgan fingerprint density at radius 1 is 1.43 bits per heavy atom. The van der Waals surface area contributed by atoms with E-state index in [0.717, 1.165) is 21.5 Å². The van der Waals surface area contributed by atoms with Crippen molar-refractivity contribution in [2.24, 2.45) is 5.92 Å². The predicted molar refractivity (Wildman–Crippen MR) is 95.1 cm³/mol. The van der Waals surface area contributed by atoms with Crippen molar-refractivity contribution in [2.75, 3.05) is 18.1 Å². The van der Waals surface area contributed by atoms with E-state index in [2.05, 4.69) is 40.1 Å². The molecule has 1 fully saturated rings. The third kappa shape index (κ3) is 4.51. The van der Waals surface area contributed by atoms with E-state index in [1.54, 1.807) is 11.8 Å². The first-order valence-electron chi connectivity index (χ1n) is 7.29. The third-order valence-electron chi connectivity index (χ3n) is 3.44. The number of urea groups is 1. The van der Waals surface area contributed by atoms with E-state index >= 15 is 0 Å². The van der Waals surface area contributed by atoms with Crippen molar-refractivity contribution in [3.63, 3.8) is 0 Å². The SMILES string of the molecule is C=C1NC(=O)N[C@@H](c2ccccc2Br)[C@@H]1C(=O)OCCSCC. The molecule has 1 heterocycles. The normalized spacial score (nSPS) is 20.6. The van der Waals surface area contributed by atoms with Gasteiger partial charge in [0.25, 0.3) is 0 Å². The molecule has 124 valence electrons. The second-order valence-electron chi connectivity index (χ2n) is 4.96. The molecule has 1 saturated heterocycles. The number of carbonyl (C=O) groups is 2. The van der Waals surface area contributed by atoms with E-state index in [9.17, 15) is 9.59 Å². The van der Waals surface area contributed by atoms with E-state index in [4.69, 9.17) is 4.74 Å². The lowest BCUT2D eigenvalue weighted by atomic mass is 9.89. The van der Waals surface area contributed by atoms with Crippen LogP contribution in [0, 0.1) is 5.92 Å². The second-order valence-corrected chi connectivity index (χ2v) is 7.21. The van der Waals surface area contributed by atoms with Crippen molar-refractivity contribution in [1.82, 2.24) is 10.6 Å². The molecule has 0 unspecified atom stereocenters. The molecular weight excluding hydrogens is 380 g/mol. The summed E-state index contributed by atoms with van der Waals surface area (Å²) < 4.78 is 6.17. The number of esters is 1. The Labute approximate surface area is 148 Å². The van der Waals surface area contributed by atoms with Crippen LogP contribution < -0.4 is 10.6 Å². The van der Waals surface area contributed by atoms with Crippen LogP contribution in [-0.4, -0.2) is 30.1 Å². The molecule has 2 N–H and O–H groups in total. The van der Waals surface area contributed by atoms with Crippen molar-refractivity contribution in [3.8, 4) is 0 Å². The van der Waals surface area contributed by atoms with Crippen LogP contribution in [0.1, 0.15) is 18.5 Å². The van der Waals surface area contributed by atoms with Gasteiger partial charge in [-0.3, -0.25) is 4.79 Å². The monoisotopic (exact) mass is 398 g/mol. The zero-order chi connectivity index (χ0) is 16.8. The van der Waals surface area contributed by atoms with Crippen molar-refractivity contribution in [1.29, 1.82) is 0 Å². The summed E-state index contributed by atoms with van der Waals surface area (Å²) in [6, 6.07) is 6.57. The molecule has 2 rings (SSSR count). The van der Waals surface area contributed by atoms with Crippen LogP contribution >= 0.6 is 27.7 Å². The zero-order valence-electron chi connectivity index (χ0n) is 12.8. The molecule has 0 bridgehead atoms.